The van der Waals surface area contributed by atoms with E-state index in [-0.39, 0.29) is 5.91 Å². The molecule has 5 nitrogen and oxygen atoms in total. The van der Waals surface area contributed by atoms with Crippen molar-refractivity contribution in [2.45, 2.75) is 6.42 Å². The van der Waals surface area contributed by atoms with Crippen molar-refractivity contribution in [1.29, 1.82) is 0 Å². The van der Waals surface area contributed by atoms with Gasteiger partial charge >= 0.3 is 0 Å². The fourth-order valence-electron chi connectivity index (χ4n) is 3.03. The maximum Gasteiger partial charge on any atom is 0.225 e. The van der Waals surface area contributed by atoms with Gasteiger partial charge in [-0.3, -0.25) is 9.69 Å². The second-order valence-corrected chi connectivity index (χ2v) is 6.19. The molecule has 1 fully saturated rings. The maximum absolute atomic E-state index is 12.0. The highest BCUT2D eigenvalue weighted by molar-refractivity contribution is 5.90. The van der Waals surface area contributed by atoms with Crippen molar-refractivity contribution in [2.75, 3.05) is 50.1 Å². The first-order chi connectivity index (χ1) is 12.2. The van der Waals surface area contributed by atoms with E-state index in [4.69, 9.17) is 4.74 Å². The average molecular weight is 339 g/mol. The molecule has 0 unspecified atom stereocenters. The molecule has 5 heteroatoms. The van der Waals surface area contributed by atoms with Gasteiger partial charge in [-0.1, -0.05) is 18.2 Å². The van der Waals surface area contributed by atoms with Crippen molar-refractivity contribution in [3.8, 4) is 5.75 Å². The highest BCUT2D eigenvalue weighted by Crippen LogP contribution is 2.20. The van der Waals surface area contributed by atoms with E-state index in [2.05, 4.69) is 27.2 Å². The first kappa shape index (κ1) is 17.3. The lowest BCUT2D eigenvalue weighted by atomic mass is 10.2. The van der Waals surface area contributed by atoms with E-state index < -0.39 is 0 Å². The van der Waals surface area contributed by atoms with Crippen LogP contribution in [-0.4, -0.2) is 50.6 Å². The number of piperazine rings is 1. The predicted molar refractivity (Wildman–Crippen MR) is 101 cm³/mol. The fraction of sp³-hybridized carbons (Fsp3) is 0.350. The number of hydrogen-bond acceptors (Lipinski definition) is 4. The van der Waals surface area contributed by atoms with Gasteiger partial charge in [0.2, 0.25) is 5.91 Å². The van der Waals surface area contributed by atoms with Gasteiger partial charge in [-0.05, 0) is 36.4 Å². The molecule has 1 aliphatic heterocycles. The Morgan fingerprint density at radius 1 is 1.00 bits per heavy atom. The zero-order chi connectivity index (χ0) is 17.5. The number of anilines is 2. The van der Waals surface area contributed by atoms with Crippen LogP contribution in [0.5, 0.6) is 5.75 Å². The van der Waals surface area contributed by atoms with E-state index in [0.29, 0.717) is 6.42 Å². The van der Waals surface area contributed by atoms with Crippen molar-refractivity contribution in [3.05, 3.63) is 54.6 Å². The largest absolute Gasteiger partial charge is 0.497 e. The van der Waals surface area contributed by atoms with Crippen LogP contribution in [0.1, 0.15) is 6.42 Å². The van der Waals surface area contributed by atoms with Crippen LogP contribution in [0, 0.1) is 0 Å². The Morgan fingerprint density at radius 2 is 1.68 bits per heavy atom. The van der Waals surface area contributed by atoms with Crippen LogP contribution in [0.4, 0.5) is 11.4 Å². The Kier molecular flexibility index (Phi) is 5.90. The fourth-order valence-corrected chi connectivity index (χ4v) is 3.03. The molecule has 1 saturated heterocycles. The summed E-state index contributed by atoms with van der Waals surface area (Å²) in [6.07, 6.45) is 0.525. The molecular weight excluding hydrogens is 314 g/mol. The molecule has 0 aliphatic carbocycles. The van der Waals surface area contributed by atoms with E-state index in [1.807, 2.05) is 42.5 Å². The SMILES string of the molecule is COc1ccc(N2CCN(CCC(=O)Nc3ccccc3)CC2)cc1. The molecule has 132 valence electrons. The number of methoxy groups -OCH3 is 1. The van der Waals surface area contributed by atoms with Crippen molar-refractivity contribution in [2.24, 2.45) is 0 Å². The van der Waals surface area contributed by atoms with Gasteiger partial charge in [-0.15, -0.1) is 0 Å². The number of rotatable bonds is 6. The Bertz CT molecular complexity index is 665. The standard InChI is InChI=1S/C20H25N3O2/c1-25-19-9-7-18(8-10-19)23-15-13-22(14-16-23)12-11-20(24)21-17-5-3-2-4-6-17/h2-10H,11-16H2,1H3,(H,21,24). The molecule has 1 amide bonds. The third kappa shape index (κ3) is 4.97. The monoisotopic (exact) mass is 339 g/mol. The molecule has 0 radical (unpaired) electrons. The molecule has 1 N–H and O–H groups in total. The minimum absolute atomic E-state index is 0.0729. The summed E-state index contributed by atoms with van der Waals surface area (Å²) in [7, 11) is 1.68. The molecule has 1 aliphatic rings. The van der Waals surface area contributed by atoms with E-state index in [1.54, 1.807) is 7.11 Å². The van der Waals surface area contributed by atoms with Crippen molar-refractivity contribution < 1.29 is 9.53 Å². The third-order valence-corrected chi connectivity index (χ3v) is 4.52. The summed E-state index contributed by atoms with van der Waals surface area (Å²) < 4.78 is 5.21. The Labute approximate surface area is 149 Å². The Balaban J connectivity index is 1.40. The summed E-state index contributed by atoms with van der Waals surface area (Å²) in [5.41, 5.74) is 2.08. The number of carbonyl (C=O) groups is 1. The van der Waals surface area contributed by atoms with Crippen molar-refractivity contribution >= 4 is 17.3 Å². The number of hydrogen-bond donors (Lipinski definition) is 1. The number of benzene rings is 2. The molecule has 2 aromatic carbocycles. The van der Waals surface area contributed by atoms with Crippen LogP contribution < -0.4 is 15.0 Å². The lowest BCUT2D eigenvalue weighted by Crippen LogP contribution is -2.47. The van der Waals surface area contributed by atoms with E-state index in [9.17, 15) is 4.79 Å². The molecule has 0 saturated carbocycles. The Hall–Kier alpha value is -2.53. The Morgan fingerprint density at radius 3 is 2.32 bits per heavy atom. The number of carbonyl (C=O) groups excluding carboxylic acids is 1. The summed E-state index contributed by atoms with van der Waals surface area (Å²) >= 11 is 0. The van der Waals surface area contributed by atoms with Gasteiger partial charge < -0.3 is 15.0 Å². The molecule has 0 bridgehead atoms. The zero-order valence-corrected chi connectivity index (χ0v) is 14.6. The molecule has 0 atom stereocenters. The van der Waals surface area contributed by atoms with Gasteiger partial charge in [0.15, 0.2) is 0 Å². The summed E-state index contributed by atoms with van der Waals surface area (Å²) in [5, 5.41) is 2.94. The highest BCUT2D eigenvalue weighted by Gasteiger charge is 2.17. The van der Waals surface area contributed by atoms with E-state index >= 15 is 0 Å². The smallest absolute Gasteiger partial charge is 0.225 e. The molecule has 0 spiro atoms. The highest BCUT2D eigenvalue weighted by atomic mass is 16.5. The molecule has 25 heavy (non-hydrogen) atoms. The van der Waals surface area contributed by atoms with Crippen LogP contribution in [0.3, 0.4) is 0 Å². The molecular formula is C20H25N3O2. The average Bonchev–Trinajstić information content (AvgIpc) is 2.68. The summed E-state index contributed by atoms with van der Waals surface area (Å²) in [6, 6.07) is 17.8. The first-order valence-corrected chi connectivity index (χ1v) is 8.71. The number of nitrogens with one attached hydrogen (secondary N) is 1. The predicted octanol–water partition coefficient (Wildman–Crippen LogP) is 2.85. The van der Waals surface area contributed by atoms with Gasteiger partial charge in [0.25, 0.3) is 0 Å². The molecule has 1 heterocycles. The van der Waals surface area contributed by atoms with Crippen molar-refractivity contribution in [3.63, 3.8) is 0 Å². The van der Waals surface area contributed by atoms with Gasteiger partial charge in [-0.25, -0.2) is 0 Å². The lowest BCUT2D eigenvalue weighted by Gasteiger charge is -2.36. The molecule has 2 aromatic rings. The van der Waals surface area contributed by atoms with Crippen LogP contribution in [-0.2, 0) is 4.79 Å². The van der Waals surface area contributed by atoms with E-state index in [1.165, 1.54) is 5.69 Å². The van der Waals surface area contributed by atoms with Crippen LogP contribution >= 0.6 is 0 Å². The summed E-state index contributed by atoms with van der Waals surface area (Å²) in [4.78, 5) is 16.8. The number of nitrogens with zero attached hydrogens (tertiary/aromatic N) is 2. The van der Waals surface area contributed by atoms with Gasteiger partial charge in [0.1, 0.15) is 5.75 Å². The molecule has 3 rings (SSSR count). The van der Waals surface area contributed by atoms with Crippen molar-refractivity contribution in [1.82, 2.24) is 4.90 Å². The number of amides is 1. The quantitative estimate of drug-likeness (QED) is 0.879. The lowest BCUT2D eigenvalue weighted by molar-refractivity contribution is -0.116. The zero-order valence-electron chi connectivity index (χ0n) is 14.6. The number of ether oxygens (including phenoxy) is 1. The van der Waals surface area contributed by atoms with Gasteiger partial charge in [-0.2, -0.15) is 0 Å². The maximum atomic E-state index is 12.0. The second-order valence-electron chi connectivity index (χ2n) is 6.19. The second kappa shape index (κ2) is 8.53. The normalized spacial score (nSPS) is 15.0. The minimum Gasteiger partial charge on any atom is -0.497 e. The van der Waals surface area contributed by atoms with E-state index in [0.717, 1.165) is 44.2 Å². The summed E-state index contributed by atoms with van der Waals surface area (Å²) in [6.45, 7) is 4.71. The van der Waals surface area contributed by atoms with Crippen LogP contribution in [0.25, 0.3) is 0 Å². The van der Waals surface area contributed by atoms with Crippen LogP contribution in [0.2, 0.25) is 0 Å². The topological polar surface area (TPSA) is 44.8 Å². The number of para-hydroxylation sites is 1. The summed E-state index contributed by atoms with van der Waals surface area (Å²) in [5.74, 6) is 0.954. The van der Waals surface area contributed by atoms with Gasteiger partial charge in [0, 0.05) is 50.5 Å². The molecule has 0 aromatic heterocycles. The third-order valence-electron chi connectivity index (χ3n) is 4.52. The minimum atomic E-state index is 0.0729. The van der Waals surface area contributed by atoms with Crippen LogP contribution in [0.15, 0.2) is 54.6 Å². The van der Waals surface area contributed by atoms with Gasteiger partial charge in [0.05, 0.1) is 7.11 Å². The first-order valence-electron chi connectivity index (χ1n) is 8.71.